The van der Waals surface area contributed by atoms with Gasteiger partial charge in [-0.15, -0.1) is 0 Å². The molecule has 0 aliphatic heterocycles. The summed E-state index contributed by atoms with van der Waals surface area (Å²) in [6.07, 6.45) is 4.11. The Balaban J connectivity index is 1.55. The van der Waals surface area contributed by atoms with Crippen LogP contribution >= 0.6 is 0 Å². The molecule has 1 aromatic carbocycles. The van der Waals surface area contributed by atoms with Crippen molar-refractivity contribution in [3.63, 3.8) is 0 Å². The van der Waals surface area contributed by atoms with E-state index in [1.165, 1.54) is 17.3 Å². The van der Waals surface area contributed by atoms with Crippen LogP contribution in [0.25, 0.3) is 10.9 Å². The van der Waals surface area contributed by atoms with Crippen LogP contribution in [0.15, 0.2) is 42.9 Å². The van der Waals surface area contributed by atoms with Gasteiger partial charge in [-0.1, -0.05) is 18.2 Å². The molecule has 0 spiro atoms. The summed E-state index contributed by atoms with van der Waals surface area (Å²) in [5.74, 6) is 0.394. The average Bonchev–Trinajstić information content (AvgIpc) is 3.05. The second-order valence-corrected chi connectivity index (χ2v) is 5.57. The van der Waals surface area contributed by atoms with Crippen LogP contribution in [-0.4, -0.2) is 47.7 Å². The number of methoxy groups -OCH3 is 1. The first-order valence-corrected chi connectivity index (χ1v) is 8.16. The molecule has 1 amide bonds. The van der Waals surface area contributed by atoms with Crippen molar-refractivity contribution in [1.29, 1.82) is 0 Å². The van der Waals surface area contributed by atoms with Crippen molar-refractivity contribution in [2.75, 3.05) is 32.1 Å². The number of anilines is 1. The van der Waals surface area contributed by atoms with E-state index in [9.17, 15) is 4.79 Å². The molecule has 0 atom stereocenters. The molecule has 7 heteroatoms. The zero-order valence-corrected chi connectivity index (χ0v) is 14.1. The van der Waals surface area contributed by atoms with Gasteiger partial charge >= 0.3 is 0 Å². The number of rotatable bonds is 8. The van der Waals surface area contributed by atoms with Gasteiger partial charge in [-0.3, -0.25) is 4.79 Å². The van der Waals surface area contributed by atoms with E-state index in [0.29, 0.717) is 31.2 Å². The molecule has 0 radical (unpaired) electrons. The fourth-order valence-corrected chi connectivity index (χ4v) is 2.60. The zero-order valence-electron chi connectivity index (χ0n) is 14.1. The first kappa shape index (κ1) is 16.9. The number of hydrogen-bond acceptors (Lipinski definition) is 5. The van der Waals surface area contributed by atoms with Crippen molar-refractivity contribution in [3.8, 4) is 0 Å². The van der Waals surface area contributed by atoms with Crippen LogP contribution in [0.1, 0.15) is 16.1 Å². The summed E-state index contributed by atoms with van der Waals surface area (Å²) in [4.78, 5) is 23.6. The Labute approximate surface area is 145 Å². The number of carbonyl (C=O) groups is 1. The molecule has 2 heterocycles. The standard InChI is InChI=1S/C18H21N5O2/c1-25-9-8-19-17-10-16(22-12-23-17)18(24)20-7-6-13-11-21-15-5-3-2-4-14(13)15/h2-5,10-12,21H,6-9H2,1H3,(H,20,24)(H,19,22,23). The number of fused-ring (bicyclic) bond motifs is 1. The fourth-order valence-electron chi connectivity index (χ4n) is 2.60. The van der Waals surface area contributed by atoms with Gasteiger partial charge in [0.1, 0.15) is 17.8 Å². The predicted octanol–water partition coefficient (Wildman–Crippen LogP) is 1.99. The van der Waals surface area contributed by atoms with Crippen molar-refractivity contribution in [3.05, 3.63) is 54.1 Å². The van der Waals surface area contributed by atoms with E-state index in [2.05, 4.69) is 31.7 Å². The third kappa shape index (κ3) is 4.33. The first-order chi connectivity index (χ1) is 12.3. The van der Waals surface area contributed by atoms with E-state index in [-0.39, 0.29) is 5.91 Å². The molecule has 0 saturated carbocycles. The molecule has 0 unspecified atom stereocenters. The number of hydrogen-bond donors (Lipinski definition) is 3. The van der Waals surface area contributed by atoms with Crippen molar-refractivity contribution in [2.45, 2.75) is 6.42 Å². The lowest BCUT2D eigenvalue weighted by Gasteiger charge is -2.07. The molecule has 0 aliphatic rings. The Hall–Kier alpha value is -2.93. The van der Waals surface area contributed by atoms with Gasteiger partial charge in [-0.25, -0.2) is 9.97 Å². The van der Waals surface area contributed by atoms with Crippen molar-refractivity contribution < 1.29 is 9.53 Å². The van der Waals surface area contributed by atoms with Gasteiger partial charge in [-0.2, -0.15) is 0 Å². The smallest absolute Gasteiger partial charge is 0.270 e. The molecule has 25 heavy (non-hydrogen) atoms. The van der Waals surface area contributed by atoms with Crippen LogP contribution in [0.4, 0.5) is 5.82 Å². The summed E-state index contributed by atoms with van der Waals surface area (Å²) >= 11 is 0. The number of carbonyl (C=O) groups excluding carboxylic acids is 1. The number of aromatic amines is 1. The Morgan fingerprint density at radius 3 is 3.00 bits per heavy atom. The number of benzene rings is 1. The van der Waals surface area contributed by atoms with Crippen LogP contribution in [0.5, 0.6) is 0 Å². The maximum absolute atomic E-state index is 12.3. The first-order valence-electron chi connectivity index (χ1n) is 8.16. The highest BCUT2D eigenvalue weighted by Crippen LogP contribution is 2.17. The van der Waals surface area contributed by atoms with E-state index >= 15 is 0 Å². The minimum atomic E-state index is -0.211. The second-order valence-electron chi connectivity index (χ2n) is 5.57. The quantitative estimate of drug-likeness (QED) is 0.546. The molecule has 130 valence electrons. The number of amides is 1. The molecule has 3 aromatic rings. The summed E-state index contributed by atoms with van der Waals surface area (Å²) in [5, 5.41) is 7.16. The van der Waals surface area contributed by atoms with Crippen LogP contribution in [-0.2, 0) is 11.2 Å². The second kappa shape index (κ2) is 8.25. The summed E-state index contributed by atoms with van der Waals surface area (Å²) in [6, 6.07) is 9.76. The van der Waals surface area contributed by atoms with Gasteiger partial charge in [0, 0.05) is 43.4 Å². The minimum absolute atomic E-state index is 0.211. The molecule has 0 fully saturated rings. The maximum Gasteiger partial charge on any atom is 0.270 e. The topological polar surface area (TPSA) is 91.9 Å². The van der Waals surface area contributed by atoms with Crippen LogP contribution < -0.4 is 10.6 Å². The van der Waals surface area contributed by atoms with E-state index in [1.807, 2.05) is 24.4 Å². The van der Waals surface area contributed by atoms with Gasteiger partial charge in [0.2, 0.25) is 0 Å². The number of nitrogens with one attached hydrogen (secondary N) is 3. The minimum Gasteiger partial charge on any atom is -0.383 e. The van der Waals surface area contributed by atoms with Crippen molar-refractivity contribution >= 4 is 22.6 Å². The van der Waals surface area contributed by atoms with Gasteiger partial charge in [-0.05, 0) is 18.1 Å². The van der Waals surface area contributed by atoms with Gasteiger partial charge in [0.15, 0.2) is 0 Å². The summed E-state index contributed by atoms with van der Waals surface area (Å²) < 4.78 is 4.97. The van der Waals surface area contributed by atoms with E-state index in [4.69, 9.17) is 4.74 Å². The normalized spacial score (nSPS) is 10.8. The SMILES string of the molecule is COCCNc1cc(C(=O)NCCc2c[nH]c3ccccc23)ncn1. The number of aromatic nitrogens is 3. The molecule has 7 nitrogen and oxygen atoms in total. The highest BCUT2D eigenvalue weighted by Gasteiger charge is 2.09. The number of H-pyrrole nitrogens is 1. The van der Waals surface area contributed by atoms with Crippen LogP contribution in [0.2, 0.25) is 0 Å². The Morgan fingerprint density at radius 2 is 2.12 bits per heavy atom. The summed E-state index contributed by atoms with van der Waals surface area (Å²) in [7, 11) is 1.63. The number of nitrogens with zero attached hydrogens (tertiary/aromatic N) is 2. The van der Waals surface area contributed by atoms with Gasteiger partial charge in [0.25, 0.3) is 5.91 Å². The molecule has 0 bridgehead atoms. The molecule has 3 N–H and O–H groups in total. The summed E-state index contributed by atoms with van der Waals surface area (Å²) in [5.41, 5.74) is 2.63. The van der Waals surface area contributed by atoms with E-state index in [0.717, 1.165) is 11.9 Å². The highest BCUT2D eigenvalue weighted by atomic mass is 16.5. The lowest BCUT2D eigenvalue weighted by atomic mass is 10.1. The molecular formula is C18H21N5O2. The average molecular weight is 339 g/mol. The fraction of sp³-hybridized carbons (Fsp3) is 0.278. The monoisotopic (exact) mass is 339 g/mol. The molecular weight excluding hydrogens is 318 g/mol. The number of para-hydroxylation sites is 1. The summed E-state index contributed by atoms with van der Waals surface area (Å²) in [6.45, 7) is 1.72. The van der Waals surface area contributed by atoms with E-state index in [1.54, 1.807) is 13.2 Å². The van der Waals surface area contributed by atoms with Crippen LogP contribution in [0, 0.1) is 0 Å². The Morgan fingerprint density at radius 1 is 1.24 bits per heavy atom. The molecule has 0 aliphatic carbocycles. The van der Waals surface area contributed by atoms with Gasteiger partial charge < -0.3 is 20.4 Å². The van der Waals surface area contributed by atoms with Crippen LogP contribution in [0.3, 0.4) is 0 Å². The molecule has 0 saturated heterocycles. The number of ether oxygens (including phenoxy) is 1. The van der Waals surface area contributed by atoms with E-state index < -0.39 is 0 Å². The van der Waals surface area contributed by atoms with Crippen molar-refractivity contribution in [2.24, 2.45) is 0 Å². The highest BCUT2D eigenvalue weighted by molar-refractivity contribution is 5.92. The Kier molecular flexibility index (Phi) is 5.58. The third-order valence-corrected chi connectivity index (χ3v) is 3.87. The maximum atomic E-state index is 12.3. The lowest BCUT2D eigenvalue weighted by molar-refractivity contribution is 0.0949. The van der Waals surface area contributed by atoms with Crippen molar-refractivity contribution in [1.82, 2.24) is 20.3 Å². The Bertz CT molecular complexity index is 846. The zero-order chi connectivity index (χ0) is 17.5. The third-order valence-electron chi connectivity index (χ3n) is 3.87. The molecule has 2 aromatic heterocycles. The molecule has 3 rings (SSSR count). The predicted molar refractivity (Wildman–Crippen MR) is 96.7 cm³/mol. The largest absolute Gasteiger partial charge is 0.383 e. The van der Waals surface area contributed by atoms with Gasteiger partial charge in [0.05, 0.1) is 6.61 Å². The lowest BCUT2D eigenvalue weighted by Crippen LogP contribution is -2.26.